The average Bonchev–Trinajstić information content (AvgIpc) is 3.23. The van der Waals surface area contributed by atoms with E-state index >= 15 is 0 Å². The minimum Gasteiger partial charge on any atom is -0.308 e. The first-order valence-corrected chi connectivity index (χ1v) is 8.85. The fourth-order valence-electron chi connectivity index (χ4n) is 4.34. The summed E-state index contributed by atoms with van der Waals surface area (Å²) in [4.78, 5) is 2.77. The van der Waals surface area contributed by atoms with E-state index in [0.29, 0.717) is 5.54 Å². The molecular formula is C18H25ClN2. The molecule has 1 saturated heterocycles. The maximum atomic E-state index is 6.02. The van der Waals surface area contributed by atoms with Crippen molar-refractivity contribution in [3.05, 3.63) is 34.9 Å². The van der Waals surface area contributed by atoms with Crippen molar-refractivity contribution in [3.63, 3.8) is 0 Å². The van der Waals surface area contributed by atoms with Crippen molar-refractivity contribution in [3.8, 4) is 0 Å². The molecule has 1 aromatic rings. The van der Waals surface area contributed by atoms with Crippen molar-refractivity contribution in [2.75, 3.05) is 13.1 Å². The molecule has 2 saturated carbocycles. The largest absolute Gasteiger partial charge is 0.308 e. The van der Waals surface area contributed by atoms with Crippen LogP contribution in [0.5, 0.6) is 0 Å². The molecule has 0 amide bonds. The summed E-state index contributed by atoms with van der Waals surface area (Å²) in [5.41, 5.74) is 1.82. The summed E-state index contributed by atoms with van der Waals surface area (Å²) in [6.07, 6.45) is 8.38. The predicted molar refractivity (Wildman–Crippen MR) is 87.6 cm³/mol. The van der Waals surface area contributed by atoms with E-state index in [1.54, 1.807) is 0 Å². The van der Waals surface area contributed by atoms with Crippen LogP contribution in [-0.4, -0.2) is 29.6 Å². The van der Waals surface area contributed by atoms with Crippen LogP contribution in [0.15, 0.2) is 24.3 Å². The first-order chi connectivity index (χ1) is 10.2. The van der Waals surface area contributed by atoms with E-state index in [2.05, 4.69) is 22.3 Å². The molecule has 0 bridgehead atoms. The molecular weight excluding hydrogens is 280 g/mol. The fourth-order valence-corrected chi connectivity index (χ4v) is 4.47. The van der Waals surface area contributed by atoms with Crippen molar-refractivity contribution >= 4 is 11.6 Å². The number of nitrogens with zero attached hydrogens (tertiary/aromatic N) is 1. The highest BCUT2D eigenvalue weighted by Gasteiger charge is 2.45. The molecule has 0 radical (unpaired) electrons. The number of hydrogen-bond acceptors (Lipinski definition) is 2. The van der Waals surface area contributed by atoms with Crippen LogP contribution in [0.3, 0.4) is 0 Å². The normalized spacial score (nSPS) is 29.1. The van der Waals surface area contributed by atoms with E-state index in [1.807, 2.05) is 12.1 Å². The third-order valence-corrected chi connectivity index (χ3v) is 5.94. The Morgan fingerprint density at radius 1 is 1.14 bits per heavy atom. The SMILES string of the molecule is Clc1ccc(CN2CC3(CCCC3)NCC2C2CC2)cc1. The van der Waals surface area contributed by atoms with Gasteiger partial charge >= 0.3 is 0 Å². The second-order valence-corrected chi connectivity index (χ2v) is 7.74. The Morgan fingerprint density at radius 3 is 2.52 bits per heavy atom. The van der Waals surface area contributed by atoms with Crippen LogP contribution in [-0.2, 0) is 6.54 Å². The van der Waals surface area contributed by atoms with Crippen LogP contribution in [0.25, 0.3) is 0 Å². The van der Waals surface area contributed by atoms with Gasteiger partial charge in [-0.15, -0.1) is 0 Å². The molecule has 1 atom stereocenters. The lowest BCUT2D eigenvalue weighted by molar-refractivity contribution is 0.0627. The topological polar surface area (TPSA) is 15.3 Å². The van der Waals surface area contributed by atoms with Crippen LogP contribution in [0.1, 0.15) is 44.1 Å². The summed E-state index contributed by atoms with van der Waals surface area (Å²) >= 11 is 6.02. The van der Waals surface area contributed by atoms with Crippen LogP contribution in [0.4, 0.5) is 0 Å². The van der Waals surface area contributed by atoms with Crippen molar-refractivity contribution in [1.82, 2.24) is 10.2 Å². The Balaban J connectivity index is 1.51. The first kappa shape index (κ1) is 14.0. The Labute approximate surface area is 132 Å². The van der Waals surface area contributed by atoms with E-state index < -0.39 is 0 Å². The molecule has 2 aliphatic carbocycles. The van der Waals surface area contributed by atoms with Gasteiger partial charge < -0.3 is 5.32 Å². The van der Waals surface area contributed by atoms with Crippen LogP contribution >= 0.6 is 11.6 Å². The van der Waals surface area contributed by atoms with Crippen molar-refractivity contribution in [2.45, 2.75) is 56.7 Å². The van der Waals surface area contributed by atoms with Crippen molar-refractivity contribution in [1.29, 1.82) is 0 Å². The molecule has 1 spiro atoms. The molecule has 114 valence electrons. The van der Waals surface area contributed by atoms with Crippen LogP contribution in [0, 0.1) is 5.92 Å². The Kier molecular flexibility index (Phi) is 3.72. The Bertz CT molecular complexity index is 488. The van der Waals surface area contributed by atoms with Gasteiger partial charge in [0.1, 0.15) is 0 Å². The van der Waals surface area contributed by atoms with Gasteiger partial charge in [-0.25, -0.2) is 0 Å². The molecule has 0 aromatic heterocycles. The zero-order chi connectivity index (χ0) is 14.3. The van der Waals surface area contributed by atoms with Gasteiger partial charge in [-0.1, -0.05) is 36.6 Å². The summed E-state index contributed by atoms with van der Waals surface area (Å²) < 4.78 is 0. The van der Waals surface area contributed by atoms with Crippen LogP contribution in [0.2, 0.25) is 5.02 Å². The first-order valence-electron chi connectivity index (χ1n) is 8.48. The fraction of sp³-hybridized carbons (Fsp3) is 0.667. The van der Waals surface area contributed by atoms with E-state index in [-0.39, 0.29) is 0 Å². The van der Waals surface area contributed by atoms with Crippen molar-refractivity contribution < 1.29 is 0 Å². The third kappa shape index (κ3) is 2.99. The highest BCUT2D eigenvalue weighted by molar-refractivity contribution is 6.30. The minimum absolute atomic E-state index is 0.414. The van der Waals surface area contributed by atoms with Gasteiger partial charge in [-0.3, -0.25) is 4.90 Å². The second kappa shape index (κ2) is 5.57. The standard InChI is InChI=1S/C18H25ClN2/c19-16-7-3-14(4-8-16)12-21-13-18(9-1-2-10-18)20-11-17(21)15-5-6-15/h3-4,7-8,15,17,20H,1-2,5-6,9-13H2. The molecule has 2 nitrogen and oxygen atoms in total. The summed E-state index contributed by atoms with van der Waals surface area (Å²) in [6.45, 7) is 3.51. The molecule has 3 fully saturated rings. The predicted octanol–water partition coefficient (Wildman–Crippen LogP) is 3.84. The van der Waals surface area contributed by atoms with Gasteiger partial charge in [0, 0.05) is 36.2 Å². The molecule has 3 heteroatoms. The number of hydrogen-bond donors (Lipinski definition) is 1. The van der Waals surface area contributed by atoms with Gasteiger partial charge in [0.25, 0.3) is 0 Å². The Hall–Kier alpha value is -0.570. The summed E-state index contributed by atoms with van der Waals surface area (Å²) in [5, 5.41) is 4.77. The number of piperazine rings is 1. The summed E-state index contributed by atoms with van der Waals surface area (Å²) in [7, 11) is 0. The molecule has 3 aliphatic rings. The van der Waals surface area contributed by atoms with E-state index in [0.717, 1.165) is 23.5 Å². The maximum Gasteiger partial charge on any atom is 0.0406 e. The average molecular weight is 305 g/mol. The zero-order valence-electron chi connectivity index (χ0n) is 12.7. The molecule has 1 aliphatic heterocycles. The zero-order valence-corrected chi connectivity index (χ0v) is 13.4. The van der Waals surface area contributed by atoms with Gasteiger partial charge in [-0.05, 0) is 49.3 Å². The number of nitrogens with one attached hydrogen (secondary N) is 1. The highest BCUT2D eigenvalue weighted by atomic mass is 35.5. The molecule has 1 aromatic carbocycles. The minimum atomic E-state index is 0.414. The third-order valence-electron chi connectivity index (χ3n) is 5.69. The second-order valence-electron chi connectivity index (χ2n) is 7.30. The van der Waals surface area contributed by atoms with Gasteiger partial charge in [0.2, 0.25) is 0 Å². The lowest BCUT2D eigenvalue weighted by atomic mass is 9.90. The van der Waals surface area contributed by atoms with Crippen molar-refractivity contribution in [2.24, 2.45) is 5.92 Å². The molecule has 21 heavy (non-hydrogen) atoms. The molecule has 1 unspecified atom stereocenters. The number of benzene rings is 1. The van der Waals surface area contributed by atoms with Gasteiger partial charge in [-0.2, -0.15) is 0 Å². The Morgan fingerprint density at radius 2 is 1.86 bits per heavy atom. The number of rotatable bonds is 3. The summed E-state index contributed by atoms with van der Waals surface area (Å²) in [5.74, 6) is 0.934. The quantitative estimate of drug-likeness (QED) is 0.913. The highest BCUT2D eigenvalue weighted by Crippen LogP contribution is 2.41. The van der Waals surface area contributed by atoms with Gasteiger partial charge in [0.05, 0.1) is 0 Å². The van der Waals surface area contributed by atoms with E-state index in [4.69, 9.17) is 11.6 Å². The lowest BCUT2D eigenvalue weighted by Gasteiger charge is -2.47. The maximum absolute atomic E-state index is 6.02. The monoisotopic (exact) mass is 304 g/mol. The molecule has 1 N–H and O–H groups in total. The molecule has 1 heterocycles. The van der Waals surface area contributed by atoms with Gasteiger partial charge in [0.15, 0.2) is 0 Å². The lowest BCUT2D eigenvalue weighted by Crippen LogP contribution is -2.63. The number of halogens is 1. The van der Waals surface area contributed by atoms with E-state index in [9.17, 15) is 0 Å². The smallest absolute Gasteiger partial charge is 0.0406 e. The van der Waals surface area contributed by atoms with E-state index in [1.165, 1.54) is 57.2 Å². The molecule has 4 rings (SSSR count). The van der Waals surface area contributed by atoms with Crippen LogP contribution < -0.4 is 5.32 Å². The summed E-state index contributed by atoms with van der Waals surface area (Å²) in [6, 6.07) is 9.17.